The third-order valence-corrected chi connectivity index (χ3v) is 1.73. The highest BCUT2D eigenvalue weighted by Crippen LogP contribution is 2.08. The van der Waals surface area contributed by atoms with Crippen LogP contribution < -0.4 is 5.32 Å². The van der Waals surface area contributed by atoms with E-state index >= 15 is 0 Å². The third-order valence-electron chi connectivity index (χ3n) is 1.73. The van der Waals surface area contributed by atoms with Crippen molar-refractivity contribution < 1.29 is 0 Å². The van der Waals surface area contributed by atoms with Crippen LogP contribution in [0.3, 0.4) is 0 Å². The van der Waals surface area contributed by atoms with Crippen molar-refractivity contribution in [1.82, 2.24) is 5.32 Å². The van der Waals surface area contributed by atoms with Gasteiger partial charge < -0.3 is 5.32 Å². The van der Waals surface area contributed by atoms with E-state index in [1.165, 1.54) is 12.8 Å². The molecule has 1 aliphatic heterocycles. The summed E-state index contributed by atoms with van der Waals surface area (Å²) in [6.45, 7) is 1.99. The standard InChI is InChI=1S/C7H12N2.ClH/c8-5-7-3-1-2-4-9-6-7;/h7,9H,1-4,6H2;1H. The number of rotatable bonds is 0. The second kappa shape index (κ2) is 5.52. The molecule has 0 aromatic rings. The minimum absolute atomic E-state index is 0. The van der Waals surface area contributed by atoms with Gasteiger partial charge in [0.05, 0.1) is 12.0 Å². The maximum Gasteiger partial charge on any atom is 0.0669 e. The fourth-order valence-corrected chi connectivity index (χ4v) is 1.13. The number of nitriles is 1. The van der Waals surface area contributed by atoms with Gasteiger partial charge in [-0.3, -0.25) is 0 Å². The highest BCUT2D eigenvalue weighted by Gasteiger charge is 2.08. The Morgan fingerprint density at radius 2 is 2.20 bits per heavy atom. The van der Waals surface area contributed by atoms with Gasteiger partial charge in [0.2, 0.25) is 0 Å². The summed E-state index contributed by atoms with van der Waals surface area (Å²) in [5, 5.41) is 11.8. The SMILES string of the molecule is Cl.N#CC1CCCCNC1. The van der Waals surface area contributed by atoms with Gasteiger partial charge in [0.1, 0.15) is 0 Å². The zero-order chi connectivity index (χ0) is 6.53. The number of nitrogens with zero attached hydrogens (tertiary/aromatic N) is 1. The smallest absolute Gasteiger partial charge is 0.0669 e. The minimum Gasteiger partial charge on any atom is -0.315 e. The Morgan fingerprint density at radius 3 is 2.90 bits per heavy atom. The molecule has 0 amide bonds. The van der Waals surface area contributed by atoms with Gasteiger partial charge in [0.25, 0.3) is 0 Å². The third kappa shape index (κ3) is 3.05. The Labute approximate surface area is 68.0 Å². The molecule has 0 saturated carbocycles. The van der Waals surface area contributed by atoms with E-state index in [4.69, 9.17) is 5.26 Å². The zero-order valence-corrected chi connectivity index (χ0v) is 6.78. The highest BCUT2D eigenvalue weighted by molar-refractivity contribution is 5.85. The van der Waals surface area contributed by atoms with Crippen LogP contribution in [0.5, 0.6) is 0 Å². The summed E-state index contributed by atoms with van der Waals surface area (Å²) in [4.78, 5) is 0. The van der Waals surface area contributed by atoms with Gasteiger partial charge in [-0.05, 0) is 19.4 Å². The maximum absolute atomic E-state index is 8.53. The van der Waals surface area contributed by atoms with Crippen LogP contribution in [0.25, 0.3) is 0 Å². The second-order valence-electron chi connectivity index (χ2n) is 2.53. The lowest BCUT2D eigenvalue weighted by atomic mass is 10.1. The van der Waals surface area contributed by atoms with Crippen LogP contribution in [0.15, 0.2) is 0 Å². The second-order valence-corrected chi connectivity index (χ2v) is 2.53. The summed E-state index contributed by atoms with van der Waals surface area (Å²) in [6, 6.07) is 2.28. The average molecular weight is 161 g/mol. The quantitative estimate of drug-likeness (QED) is 0.580. The van der Waals surface area contributed by atoms with Crippen LogP contribution >= 0.6 is 12.4 Å². The normalized spacial score (nSPS) is 25.7. The number of hydrogen-bond acceptors (Lipinski definition) is 2. The molecule has 1 heterocycles. The van der Waals surface area contributed by atoms with Crippen molar-refractivity contribution in [2.75, 3.05) is 13.1 Å². The molecule has 0 aromatic carbocycles. The Balaban J connectivity index is 0.000000810. The van der Waals surface area contributed by atoms with Gasteiger partial charge >= 0.3 is 0 Å². The topological polar surface area (TPSA) is 35.8 Å². The molecule has 1 unspecified atom stereocenters. The van der Waals surface area contributed by atoms with Gasteiger partial charge in [-0.15, -0.1) is 12.4 Å². The van der Waals surface area contributed by atoms with Gasteiger partial charge in [0.15, 0.2) is 0 Å². The van der Waals surface area contributed by atoms with Crippen LogP contribution in [0.2, 0.25) is 0 Å². The molecule has 0 bridgehead atoms. The van der Waals surface area contributed by atoms with Gasteiger partial charge in [-0.1, -0.05) is 6.42 Å². The molecular weight excluding hydrogens is 148 g/mol. The van der Waals surface area contributed by atoms with E-state index in [9.17, 15) is 0 Å². The maximum atomic E-state index is 8.53. The van der Waals surface area contributed by atoms with Crippen molar-refractivity contribution in [3.63, 3.8) is 0 Å². The highest BCUT2D eigenvalue weighted by atomic mass is 35.5. The summed E-state index contributed by atoms with van der Waals surface area (Å²) >= 11 is 0. The van der Waals surface area contributed by atoms with Crippen LogP contribution in [-0.2, 0) is 0 Å². The molecule has 1 rings (SSSR count). The Kier molecular flexibility index (Phi) is 5.38. The summed E-state index contributed by atoms with van der Waals surface area (Å²) in [5.41, 5.74) is 0. The van der Waals surface area contributed by atoms with E-state index in [1.54, 1.807) is 0 Å². The number of hydrogen-bond donors (Lipinski definition) is 1. The number of halogens is 1. The first kappa shape index (κ1) is 9.74. The zero-order valence-electron chi connectivity index (χ0n) is 5.97. The largest absolute Gasteiger partial charge is 0.315 e. The first-order valence-corrected chi connectivity index (χ1v) is 3.54. The van der Waals surface area contributed by atoms with E-state index in [0.717, 1.165) is 19.5 Å². The number of nitrogens with one attached hydrogen (secondary N) is 1. The molecule has 0 aliphatic carbocycles. The summed E-state index contributed by atoms with van der Waals surface area (Å²) in [7, 11) is 0. The first-order chi connectivity index (χ1) is 4.43. The minimum atomic E-state index is 0. The molecule has 1 atom stereocenters. The lowest BCUT2D eigenvalue weighted by molar-refractivity contribution is 0.590. The Bertz CT molecular complexity index is 111. The van der Waals surface area contributed by atoms with Gasteiger partial charge in [-0.2, -0.15) is 5.26 Å². The van der Waals surface area contributed by atoms with Gasteiger partial charge in [-0.25, -0.2) is 0 Å². The molecule has 3 heteroatoms. The van der Waals surface area contributed by atoms with E-state index in [2.05, 4.69) is 11.4 Å². The fourth-order valence-electron chi connectivity index (χ4n) is 1.13. The lowest BCUT2D eigenvalue weighted by Crippen LogP contribution is -2.19. The van der Waals surface area contributed by atoms with Crippen molar-refractivity contribution >= 4 is 12.4 Å². The van der Waals surface area contributed by atoms with Crippen LogP contribution in [-0.4, -0.2) is 13.1 Å². The van der Waals surface area contributed by atoms with Gasteiger partial charge in [0, 0.05) is 6.54 Å². The predicted octanol–water partition coefficient (Wildman–Crippen LogP) is 1.32. The van der Waals surface area contributed by atoms with Crippen molar-refractivity contribution in [2.45, 2.75) is 19.3 Å². The summed E-state index contributed by atoms with van der Waals surface area (Å²) in [6.07, 6.45) is 3.53. The van der Waals surface area contributed by atoms with E-state index in [-0.39, 0.29) is 18.3 Å². The molecule has 0 aromatic heterocycles. The first-order valence-electron chi connectivity index (χ1n) is 3.54. The Morgan fingerprint density at radius 1 is 1.40 bits per heavy atom. The van der Waals surface area contributed by atoms with E-state index in [1.807, 2.05) is 0 Å². The van der Waals surface area contributed by atoms with Crippen LogP contribution in [0.4, 0.5) is 0 Å². The molecular formula is C7H13ClN2. The average Bonchev–Trinajstić information content (AvgIpc) is 2.13. The molecule has 1 aliphatic rings. The Hall–Kier alpha value is -0.260. The summed E-state index contributed by atoms with van der Waals surface area (Å²) < 4.78 is 0. The summed E-state index contributed by atoms with van der Waals surface area (Å²) in [5.74, 6) is 0.271. The molecule has 1 N–H and O–H groups in total. The fraction of sp³-hybridized carbons (Fsp3) is 0.857. The van der Waals surface area contributed by atoms with Crippen molar-refractivity contribution in [3.05, 3.63) is 0 Å². The molecule has 1 fully saturated rings. The van der Waals surface area contributed by atoms with Crippen molar-refractivity contribution in [2.24, 2.45) is 5.92 Å². The lowest BCUT2D eigenvalue weighted by Gasteiger charge is -2.00. The van der Waals surface area contributed by atoms with Crippen molar-refractivity contribution in [3.8, 4) is 6.07 Å². The molecule has 2 nitrogen and oxygen atoms in total. The predicted molar refractivity (Wildman–Crippen MR) is 43.1 cm³/mol. The monoisotopic (exact) mass is 160 g/mol. The van der Waals surface area contributed by atoms with E-state index < -0.39 is 0 Å². The molecule has 10 heavy (non-hydrogen) atoms. The van der Waals surface area contributed by atoms with Crippen LogP contribution in [0, 0.1) is 17.2 Å². The molecule has 58 valence electrons. The molecule has 1 saturated heterocycles. The molecule has 0 spiro atoms. The van der Waals surface area contributed by atoms with E-state index in [0.29, 0.717) is 0 Å². The van der Waals surface area contributed by atoms with Crippen molar-refractivity contribution in [1.29, 1.82) is 5.26 Å². The molecule has 0 radical (unpaired) electrons. The van der Waals surface area contributed by atoms with Crippen LogP contribution in [0.1, 0.15) is 19.3 Å².